The molecule has 25 heavy (non-hydrogen) atoms. The Morgan fingerprint density at radius 1 is 0.680 bits per heavy atom. The summed E-state index contributed by atoms with van der Waals surface area (Å²) in [4.78, 5) is 11.5. The van der Waals surface area contributed by atoms with Crippen LogP contribution in [-0.4, -0.2) is 38.0 Å². The summed E-state index contributed by atoms with van der Waals surface area (Å²) in [7, 11) is 0. The lowest BCUT2D eigenvalue weighted by molar-refractivity contribution is -0.156. The van der Waals surface area contributed by atoms with Gasteiger partial charge in [-0.15, -0.1) is 0 Å². The van der Waals surface area contributed by atoms with E-state index in [0.717, 1.165) is 13.0 Å². The predicted octanol–water partition coefficient (Wildman–Crippen LogP) is 5.67. The molecule has 0 aromatic rings. The van der Waals surface area contributed by atoms with Crippen LogP contribution in [0.5, 0.6) is 0 Å². The van der Waals surface area contributed by atoms with Gasteiger partial charge in [0.2, 0.25) is 0 Å². The van der Waals surface area contributed by atoms with Crippen molar-refractivity contribution >= 4 is 5.97 Å². The molecule has 0 saturated carbocycles. The summed E-state index contributed by atoms with van der Waals surface area (Å²) in [6.45, 7) is 10.2. The molecule has 0 aromatic carbocycles. The summed E-state index contributed by atoms with van der Waals surface area (Å²) in [5, 5.41) is 0. The van der Waals surface area contributed by atoms with Crippen LogP contribution in [0, 0.1) is 0 Å². The summed E-state index contributed by atoms with van der Waals surface area (Å²) in [6.07, 6.45) is 13.7. The average molecular weight is 359 g/mol. The minimum atomic E-state index is -0.421. The zero-order valence-corrected chi connectivity index (χ0v) is 17.2. The van der Waals surface area contributed by atoms with Crippen molar-refractivity contribution in [1.82, 2.24) is 0 Å². The molecule has 4 heteroatoms. The van der Waals surface area contributed by atoms with Gasteiger partial charge in [-0.1, -0.05) is 64.7 Å². The lowest BCUT2D eigenvalue weighted by atomic mass is 10.1. The first-order valence-electron chi connectivity index (χ1n) is 10.3. The van der Waals surface area contributed by atoms with E-state index in [4.69, 9.17) is 14.2 Å². The van der Waals surface area contributed by atoms with E-state index in [9.17, 15) is 4.79 Å². The number of unbranched alkanes of at least 4 members (excludes halogenated alkanes) is 9. The second-order valence-corrected chi connectivity index (χ2v) is 7.74. The van der Waals surface area contributed by atoms with Gasteiger partial charge in [0.05, 0.1) is 26.2 Å². The molecule has 0 atom stereocenters. The molecule has 0 fully saturated rings. The maximum atomic E-state index is 11.5. The number of hydrogen-bond donors (Lipinski definition) is 0. The van der Waals surface area contributed by atoms with Crippen LogP contribution in [0.15, 0.2) is 0 Å². The molecular weight excluding hydrogens is 316 g/mol. The fourth-order valence-electron chi connectivity index (χ4n) is 2.56. The molecule has 0 radical (unpaired) electrons. The lowest BCUT2D eigenvalue weighted by Crippen LogP contribution is -2.24. The third-order valence-corrected chi connectivity index (χ3v) is 3.88. The monoisotopic (exact) mass is 358 g/mol. The summed E-state index contributed by atoms with van der Waals surface area (Å²) >= 11 is 0. The molecule has 4 nitrogen and oxygen atoms in total. The molecule has 0 heterocycles. The molecule has 0 spiro atoms. The van der Waals surface area contributed by atoms with E-state index in [0.29, 0.717) is 26.2 Å². The van der Waals surface area contributed by atoms with Crippen LogP contribution in [-0.2, 0) is 19.0 Å². The maximum Gasteiger partial charge on any atom is 0.308 e. The van der Waals surface area contributed by atoms with Crippen molar-refractivity contribution in [3.8, 4) is 0 Å². The molecule has 0 aliphatic rings. The minimum Gasteiger partial charge on any atom is -0.460 e. The zero-order chi connectivity index (χ0) is 18.8. The van der Waals surface area contributed by atoms with Gasteiger partial charge in [-0.25, -0.2) is 0 Å². The average Bonchev–Trinajstić information content (AvgIpc) is 2.53. The summed E-state index contributed by atoms with van der Waals surface area (Å²) in [6, 6.07) is 0. The highest BCUT2D eigenvalue weighted by Crippen LogP contribution is 2.10. The highest BCUT2D eigenvalue weighted by Gasteiger charge is 2.15. The number of carbonyl (C=O) groups excluding carboxylic acids is 1. The molecule has 0 aromatic heterocycles. The molecule has 0 saturated heterocycles. The molecule has 0 unspecified atom stereocenters. The fraction of sp³-hybridized carbons (Fsp3) is 0.952. The second kappa shape index (κ2) is 16.8. The molecule has 0 N–H and O–H groups in total. The normalized spacial score (nSPS) is 11.7. The number of esters is 1. The first-order valence-corrected chi connectivity index (χ1v) is 10.3. The Bertz CT molecular complexity index is 297. The van der Waals surface area contributed by atoms with Crippen molar-refractivity contribution in [3.05, 3.63) is 0 Å². The Kier molecular flexibility index (Phi) is 16.4. The van der Waals surface area contributed by atoms with E-state index in [1.165, 1.54) is 57.8 Å². The highest BCUT2D eigenvalue weighted by atomic mass is 16.6. The van der Waals surface area contributed by atoms with Crippen LogP contribution in [0.3, 0.4) is 0 Å². The number of ether oxygens (including phenoxy) is 3. The Hall–Kier alpha value is -0.610. The van der Waals surface area contributed by atoms with Crippen LogP contribution >= 0.6 is 0 Å². The molecule has 0 aliphatic heterocycles. The predicted molar refractivity (Wildman–Crippen MR) is 104 cm³/mol. The maximum absolute atomic E-state index is 11.5. The smallest absolute Gasteiger partial charge is 0.308 e. The first-order chi connectivity index (χ1) is 12.0. The van der Waals surface area contributed by atoms with Gasteiger partial charge in [-0.05, 0) is 27.2 Å². The van der Waals surface area contributed by atoms with E-state index in [1.807, 2.05) is 20.8 Å². The molecule has 0 amide bonds. The van der Waals surface area contributed by atoms with E-state index in [-0.39, 0.29) is 5.97 Å². The quantitative estimate of drug-likeness (QED) is 0.248. The van der Waals surface area contributed by atoms with Crippen LogP contribution < -0.4 is 0 Å². The molecule has 0 bridgehead atoms. The van der Waals surface area contributed by atoms with Gasteiger partial charge in [0.1, 0.15) is 5.60 Å². The molecule has 0 aliphatic carbocycles. The van der Waals surface area contributed by atoms with Gasteiger partial charge in [-0.2, -0.15) is 0 Å². The Labute approximate surface area is 156 Å². The first kappa shape index (κ1) is 24.4. The summed E-state index contributed by atoms with van der Waals surface area (Å²) < 4.78 is 16.2. The van der Waals surface area contributed by atoms with Gasteiger partial charge in [0, 0.05) is 6.61 Å². The number of hydrogen-bond acceptors (Lipinski definition) is 4. The molecule has 150 valence electrons. The van der Waals surface area contributed by atoms with Crippen LogP contribution in [0.4, 0.5) is 0 Å². The van der Waals surface area contributed by atoms with Crippen LogP contribution in [0.1, 0.15) is 98.3 Å². The Morgan fingerprint density at radius 3 is 1.68 bits per heavy atom. The summed E-state index contributed by atoms with van der Waals surface area (Å²) in [5.41, 5.74) is -0.421. The Morgan fingerprint density at radius 2 is 1.16 bits per heavy atom. The van der Waals surface area contributed by atoms with Crippen molar-refractivity contribution in [2.24, 2.45) is 0 Å². The van der Waals surface area contributed by atoms with Gasteiger partial charge in [0.25, 0.3) is 0 Å². The Balaban J connectivity index is 3.13. The van der Waals surface area contributed by atoms with Gasteiger partial charge < -0.3 is 14.2 Å². The fourth-order valence-corrected chi connectivity index (χ4v) is 2.56. The topological polar surface area (TPSA) is 44.8 Å². The van der Waals surface area contributed by atoms with E-state index in [1.54, 1.807) is 0 Å². The van der Waals surface area contributed by atoms with E-state index < -0.39 is 5.60 Å². The minimum absolute atomic E-state index is 0.209. The second-order valence-electron chi connectivity index (χ2n) is 7.74. The standard InChI is InChI=1S/C21H42O4/c1-5-6-7-8-9-10-11-12-13-14-16-23-18-19-24-17-15-20(22)25-21(2,3)4/h5-19H2,1-4H3. The lowest BCUT2D eigenvalue weighted by Gasteiger charge is -2.19. The van der Waals surface area contributed by atoms with Crippen molar-refractivity contribution in [2.45, 2.75) is 104 Å². The SMILES string of the molecule is CCCCCCCCCCCCOCCOCCC(=O)OC(C)(C)C. The van der Waals surface area contributed by atoms with Gasteiger partial charge in [-0.3, -0.25) is 4.79 Å². The van der Waals surface area contributed by atoms with Gasteiger partial charge in [0.15, 0.2) is 0 Å². The largest absolute Gasteiger partial charge is 0.460 e. The van der Waals surface area contributed by atoms with Crippen LogP contribution in [0.2, 0.25) is 0 Å². The van der Waals surface area contributed by atoms with E-state index >= 15 is 0 Å². The van der Waals surface area contributed by atoms with Crippen molar-refractivity contribution < 1.29 is 19.0 Å². The molecular formula is C21H42O4. The highest BCUT2D eigenvalue weighted by molar-refractivity contribution is 5.69. The zero-order valence-electron chi connectivity index (χ0n) is 17.2. The molecule has 0 rings (SSSR count). The van der Waals surface area contributed by atoms with Crippen molar-refractivity contribution in [2.75, 3.05) is 26.4 Å². The number of carbonyl (C=O) groups is 1. The van der Waals surface area contributed by atoms with Crippen molar-refractivity contribution in [3.63, 3.8) is 0 Å². The van der Waals surface area contributed by atoms with Crippen molar-refractivity contribution in [1.29, 1.82) is 0 Å². The number of rotatable bonds is 17. The van der Waals surface area contributed by atoms with Crippen LogP contribution in [0.25, 0.3) is 0 Å². The van der Waals surface area contributed by atoms with Gasteiger partial charge >= 0.3 is 5.97 Å². The summed E-state index contributed by atoms with van der Waals surface area (Å²) in [5.74, 6) is -0.209. The third-order valence-electron chi connectivity index (χ3n) is 3.88. The third kappa shape index (κ3) is 21.3. The van der Waals surface area contributed by atoms with E-state index in [2.05, 4.69) is 6.92 Å².